The first-order valence-electron chi connectivity index (χ1n) is 12.9. The second-order valence-corrected chi connectivity index (χ2v) is 10.3. The number of ether oxygens (including phenoxy) is 1. The van der Waals surface area contributed by atoms with Gasteiger partial charge in [0.1, 0.15) is 5.75 Å². The van der Waals surface area contributed by atoms with E-state index in [1.165, 1.54) is 48.2 Å². The molecular formula is C31H39ClN2O. The average Bonchev–Trinajstić information content (AvgIpc) is 2.89. The second kappa shape index (κ2) is 11.6. The molecule has 3 heterocycles. The van der Waals surface area contributed by atoms with Crippen molar-refractivity contribution in [3.8, 4) is 5.75 Å². The highest BCUT2D eigenvalue weighted by molar-refractivity contribution is 5.85. The lowest BCUT2D eigenvalue weighted by Gasteiger charge is -2.54. The Bertz CT molecular complexity index is 1020. The number of benzene rings is 3. The molecule has 0 aliphatic carbocycles. The molecule has 3 aromatic carbocycles. The van der Waals surface area contributed by atoms with Crippen LogP contribution < -0.4 is 10.1 Å². The van der Waals surface area contributed by atoms with E-state index < -0.39 is 0 Å². The normalized spacial score (nSPS) is 23.3. The summed E-state index contributed by atoms with van der Waals surface area (Å²) in [5.41, 5.74) is 5.46. The van der Waals surface area contributed by atoms with Gasteiger partial charge in [-0.15, -0.1) is 12.4 Å². The second-order valence-electron chi connectivity index (χ2n) is 10.3. The Morgan fingerprint density at radius 1 is 0.857 bits per heavy atom. The summed E-state index contributed by atoms with van der Waals surface area (Å²) in [6.45, 7) is 7.76. The van der Waals surface area contributed by atoms with Crippen LogP contribution in [-0.2, 0) is 6.54 Å². The van der Waals surface area contributed by atoms with Crippen LogP contribution in [0.3, 0.4) is 0 Å². The maximum Gasteiger partial charge on any atom is 0.123 e. The average molecular weight is 491 g/mol. The van der Waals surface area contributed by atoms with Gasteiger partial charge in [-0.05, 0) is 60.5 Å². The molecule has 0 spiro atoms. The van der Waals surface area contributed by atoms with E-state index in [2.05, 4.69) is 103 Å². The van der Waals surface area contributed by atoms with Crippen LogP contribution in [0.4, 0.5) is 0 Å². The summed E-state index contributed by atoms with van der Waals surface area (Å²) in [6, 6.07) is 29.8. The molecular weight excluding hydrogens is 452 g/mol. The van der Waals surface area contributed by atoms with Crippen molar-refractivity contribution in [3.05, 3.63) is 101 Å². The van der Waals surface area contributed by atoms with Gasteiger partial charge >= 0.3 is 0 Å². The van der Waals surface area contributed by atoms with Crippen LogP contribution in [0, 0.1) is 5.92 Å². The van der Waals surface area contributed by atoms with Gasteiger partial charge in [0.05, 0.1) is 7.11 Å². The zero-order valence-electron chi connectivity index (χ0n) is 21.2. The molecule has 3 aromatic rings. The maximum absolute atomic E-state index is 5.74. The Kier molecular flexibility index (Phi) is 8.54. The molecule has 4 heteroatoms. The molecule has 6 rings (SSSR count). The first-order chi connectivity index (χ1) is 16.7. The standard InChI is InChI=1S/C31H38N2O.ClH/c1-22(2)26-14-15-28(34-3)27(20-26)21-32-30-25-16-18-33(19-17-25)31(30)29(23-10-6-4-7-11-23)24-12-8-5-9-13-24;/h4-15,20,22,25,29-32H,16-19,21H2,1-3H3;1H/t30-,31-;/m0./s1. The summed E-state index contributed by atoms with van der Waals surface area (Å²) in [4.78, 5) is 2.75. The molecule has 3 aliphatic rings. The highest BCUT2D eigenvalue weighted by atomic mass is 35.5. The topological polar surface area (TPSA) is 24.5 Å². The number of hydrogen-bond donors (Lipinski definition) is 1. The minimum atomic E-state index is 0. The van der Waals surface area contributed by atoms with Crippen LogP contribution in [0.1, 0.15) is 60.8 Å². The number of methoxy groups -OCH3 is 1. The summed E-state index contributed by atoms with van der Waals surface area (Å²) >= 11 is 0. The van der Waals surface area contributed by atoms with Crippen LogP contribution in [0.5, 0.6) is 5.75 Å². The molecule has 35 heavy (non-hydrogen) atoms. The summed E-state index contributed by atoms with van der Waals surface area (Å²) in [7, 11) is 1.78. The Balaban J connectivity index is 0.00000289. The number of rotatable bonds is 8. The molecule has 3 saturated heterocycles. The number of piperidine rings is 3. The number of hydrogen-bond acceptors (Lipinski definition) is 3. The van der Waals surface area contributed by atoms with E-state index in [4.69, 9.17) is 4.74 Å². The van der Waals surface area contributed by atoms with Crippen molar-refractivity contribution < 1.29 is 4.74 Å². The molecule has 2 bridgehead atoms. The fraction of sp³-hybridized carbons (Fsp3) is 0.419. The summed E-state index contributed by atoms with van der Waals surface area (Å²) in [6.07, 6.45) is 2.57. The van der Waals surface area contributed by atoms with Crippen molar-refractivity contribution >= 4 is 12.4 Å². The number of nitrogens with one attached hydrogen (secondary N) is 1. The van der Waals surface area contributed by atoms with Crippen molar-refractivity contribution in [1.82, 2.24) is 10.2 Å². The van der Waals surface area contributed by atoms with Gasteiger partial charge in [-0.2, -0.15) is 0 Å². The number of nitrogens with zero attached hydrogens (tertiary/aromatic N) is 1. The maximum atomic E-state index is 5.74. The van der Waals surface area contributed by atoms with Crippen molar-refractivity contribution in [3.63, 3.8) is 0 Å². The SMILES string of the molecule is COc1ccc(C(C)C)cc1CN[C@H]1C2CCN(CC2)[C@H]1C(c1ccccc1)c1ccccc1.Cl. The Morgan fingerprint density at radius 2 is 1.46 bits per heavy atom. The van der Waals surface area contributed by atoms with Crippen LogP contribution in [0.15, 0.2) is 78.9 Å². The summed E-state index contributed by atoms with van der Waals surface area (Å²) in [5.74, 6) is 2.56. The molecule has 3 fully saturated rings. The van der Waals surface area contributed by atoms with Gasteiger partial charge in [-0.25, -0.2) is 0 Å². The van der Waals surface area contributed by atoms with Crippen molar-refractivity contribution in [2.24, 2.45) is 5.92 Å². The van der Waals surface area contributed by atoms with E-state index in [0.29, 0.717) is 29.8 Å². The Labute approximate surface area is 217 Å². The lowest BCUT2D eigenvalue weighted by atomic mass is 9.70. The van der Waals surface area contributed by atoms with Crippen molar-refractivity contribution in [2.45, 2.75) is 57.2 Å². The van der Waals surface area contributed by atoms with Gasteiger partial charge in [0.25, 0.3) is 0 Å². The fourth-order valence-electron chi connectivity index (χ4n) is 6.22. The monoisotopic (exact) mass is 490 g/mol. The van der Waals surface area contributed by atoms with Crippen LogP contribution in [0.2, 0.25) is 0 Å². The van der Waals surface area contributed by atoms with E-state index in [0.717, 1.165) is 12.3 Å². The smallest absolute Gasteiger partial charge is 0.123 e. The Morgan fingerprint density at radius 3 is 2.00 bits per heavy atom. The first kappa shape index (κ1) is 25.8. The molecule has 3 aliphatic heterocycles. The predicted octanol–water partition coefficient (Wildman–Crippen LogP) is 6.62. The highest BCUT2D eigenvalue weighted by Gasteiger charge is 2.46. The van der Waals surface area contributed by atoms with Crippen LogP contribution in [-0.4, -0.2) is 37.2 Å². The molecule has 3 nitrogen and oxygen atoms in total. The van der Waals surface area contributed by atoms with Crippen LogP contribution in [0.25, 0.3) is 0 Å². The molecule has 186 valence electrons. The quantitative estimate of drug-likeness (QED) is 0.383. The zero-order valence-corrected chi connectivity index (χ0v) is 22.0. The van der Waals surface area contributed by atoms with Gasteiger partial charge < -0.3 is 10.1 Å². The third-order valence-corrected chi connectivity index (χ3v) is 8.03. The van der Waals surface area contributed by atoms with E-state index in [9.17, 15) is 0 Å². The number of halogens is 1. The molecule has 0 unspecified atom stereocenters. The molecule has 0 saturated carbocycles. The molecule has 1 N–H and O–H groups in total. The van der Waals surface area contributed by atoms with Crippen molar-refractivity contribution in [2.75, 3.05) is 20.2 Å². The predicted molar refractivity (Wildman–Crippen MR) is 148 cm³/mol. The largest absolute Gasteiger partial charge is 0.496 e. The Hall–Kier alpha value is -2.33. The lowest BCUT2D eigenvalue weighted by Crippen LogP contribution is -2.64. The molecule has 0 radical (unpaired) electrons. The lowest BCUT2D eigenvalue weighted by molar-refractivity contribution is 0.00462. The van der Waals surface area contributed by atoms with Gasteiger partial charge in [0.15, 0.2) is 0 Å². The molecule has 0 amide bonds. The van der Waals surface area contributed by atoms with Gasteiger partial charge in [0.2, 0.25) is 0 Å². The first-order valence-corrected chi connectivity index (χ1v) is 12.9. The van der Waals surface area contributed by atoms with Gasteiger partial charge in [0, 0.05) is 30.1 Å². The molecule has 2 atom stereocenters. The van der Waals surface area contributed by atoms with E-state index in [1.54, 1.807) is 7.11 Å². The van der Waals surface area contributed by atoms with Gasteiger partial charge in [-0.1, -0.05) is 86.6 Å². The molecule has 0 aromatic heterocycles. The van der Waals surface area contributed by atoms with E-state index >= 15 is 0 Å². The highest BCUT2D eigenvalue weighted by Crippen LogP contribution is 2.42. The third-order valence-electron chi connectivity index (χ3n) is 8.03. The fourth-order valence-corrected chi connectivity index (χ4v) is 6.22. The number of fused-ring (bicyclic) bond motifs is 3. The van der Waals surface area contributed by atoms with Crippen molar-refractivity contribution in [1.29, 1.82) is 0 Å². The van der Waals surface area contributed by atoms with Gasteiger partial charge in [-0.3, -0.25) is 4.90 Å². The van der Waals surface area contributed by atoms with Crippen LogP contribution >= 0.6 is 12.4 Å². The summed E-state index contributed by atoms with van der Waals surface area (Å²) in [5, 5.41) is 4.06. The summed E-state index contributed by atoms with van der Waals surface area (Å²) < 4.78 is 5.74. The minimum absolute atomic E-state index is 0. The third kappa shape index (κ3) is 5.43. The van der Waals surface area contributed by atoms with E-state index in [1.807, 2.05) is 0 Å². The zero-order chi connectivity index (χ0) is 23.5. The minimum Gasteiger partial charge on any atom is -0.496 e. The van der Waals surface area contributed by atoms with E-state index in [-0.39, 0.29) is 12.4 Å².